The van der Waals surface area contributed by atoms with Crippen molar-refractivity contribution < 1.29 is 0 Å². The van der Waals surface area contributed by atoms with Crippen LogP contribution in [0.2, 0.25) is 0 Å². The Morgan fingerprint density at radius 2 is 2.25 bits per heavy atom. The number of hydrogen-bond donors (Lipinski definition) is 1. The topological polar surface area (TPSA) is 15.3 Å². The first-order chi connectivity index (χ1) is 7.81. The fraction of sp³-hybridized carbons (Fsp3) is 0.571. The van der Waals surface area contributed by atoms with E-state index in [1.54, 1.807) is 0 Å². The van der Waals surface area contributed by atoms with E-state index in [0.717, 1.165) is 13.1 Å². The van der Waals surface area contributed by atoms with E-state index in [4.69, 9.17) is 0 Å². The lowest BCUT2D eigenvalue weighted by Gasteiger charge is -2.27. The first-order valence-electron chi connectivity index (χ1n) is 6.35. The molecule has 1 aliphatic heterocycles. The van der Waals surface area contributed by atoms with Gasteiger partial charge in [-0.05, 0) is 43.0 Å². The van der Waals surface area contributed by atoms with Crippen molar-refractivity contribution in [3.63, 3.8) is 0 Å². The van der Waals surface area contributed by atoms with E-state index < -0.39 is 0 Å². The number of aryl methyl sites for hydroxylation is 1. The number of nitrogens with zero attached hydrogens (tertiary/aromatic N) is 1. The Hall–Kier alpha value is -1.02. The zero-order valence-corrected chi connectivity index (χ0v) is 10.4. The largest absolute Gasteiger partial charge is 0.374 e. The van der Waals surface area contributed by atoms with Crippen LogP contribution in [-0.2, 0) is 13.0 Å². The fourth-order valence-corrected chi connectivity index (χ4v) is 2.36. The van der Waals surface area contributed by atoms with Gasteiger partial charge in [-0.2, -0.15) is 0 Å². The van der Waals surface area contributed by atoms with Crippen molar-refractivity contribution in [2.75, 3.05) is 25.0 Å². The van der Waals surface area contributed by atoms with Gasteiger partial charge < -0.3 is 10.2 Å². The quantitative estimate of drug-likeness (QED) is 0.781. The summed E-state index contributed by atoms with van der Waals surface area (Å²) in [5.74, 6) is 0. The van der Waals surface area contributed by atoms with Gasteiger partial charge in [-0.25, -0.2) is 0 Å². The predicted octanol–water partition coefficient (Wildman–Crippen LogP) is 2.57. The maximum absolute atomic E-state index is 3.46. The minimum atomic E-state index is 1.00. The Kier molecular flexibility index (Phi) is 3.83. The predicted molar refractivity (Wildman–Crippen MR) is 70.0 cm³/mol. The Bertz CT molecular complexity index is 347. The molecular formula is C14H22N2. The SMILES string of the molecule is CCCNCc1ccc2c(c1)CCCN2C. The lowest BCUT2D eigenvalue weighted by molar-refractivity contribution is 0.673. The summed E-state index contributed by atoms with van der Waals surface area (Å²) in [5, 5.41) is 3.46. The van der Waals surface area contributed by atoms with Crippen LogP contribution in [0.5, 0.6) is 0 Å². The van der Waals surface area contributed by atoms with Crippen LogP contribution in [0.15, 0.2) is 18.2 Å². The van der Waals surface area contributed by atoms with Crippen LogP contribution in [0.3, 0.4) is 0 Å². The molecule has 16 heavy (non-hydrogen) atoms. The molecule has 1 N–H and O–H groups in total. The summed E-state index contributed by atoms with van der Waals surface area (Å²) in [4.78, 5) is 2.36. The van der Waals surface area contributed by atoms with Gasteiger partial charge in [0, 0.05) is 25.8 Å². The van der Waals surface area contributed by atoms with Crippen molar-refractivity contribution in [3.8, 4) is 0 Å². The summed E-state index contributed by atoms with van der Waals surface area (Å²) >= 11 is 0. The van der Waals surface area contributed by atoms with Crippen LogP contribution in [0.25, 0.3) is 0 Å². The van der Waals surface area contributed by atoms with Crippen molar-refractivity contribution >= 4 is 5.69 Å². The highest BCUT2D eigenvalue weighted by Crippen LogP contribution is 2.26. The molecule has 0 fully saturated rings. The van der Waals surface area contributed by atoms with E-state index in [0.29, 0.717) is 0 Å². The number of benzene rings is 1. The maximum Gasteiger partial charge on any atom is 0.0396 e. The van der Waals surface area contributed by atoms with Crippen molar-refractivity contribution in [1.82, 2.24) is 5.32 Å². The molecule has 1 aromatic carbocycles. The molecule has 0 amide bonds. The monoisotopic (exact) mass is 218 g/mol. The second kappa shape index (κ2) is 5.35. The Labute approximate surface area is 98.7 Å². The van der Waals surface area contributed by atoms with Gasteiger partial charge in [0.15, 0.2) is 0 Å². The van der Waals surface area contributed by atoms with Crippen LogP contribution >= 0.6 is 0 Å². The van der Waals surface area contributed by atoms with Crippen LogP contribution in [-0.4, -0.2) is 20.1 Å². The average molecular weight is 218 g/mol. The highest BCUT2D eigenvalue weighted by atomic mass is 15.1. The zero-order chi connectivity index (χ0) is 11.4. The molecule has 2 rings (SSSR count). The van der Waals surface area contributed by atoms with E-state index in [2.05, 4.69) is 42.4 Å². The van der Waals surface area contributed by atoms with Crippen LogP contribution in [0, 0.1) is 0 Å². The minimum absolute atomic E-state index is 1.00. The first kappa shape index (κ1) is 11.5. The average Bonchev–Trinajstić information content (AvgIpc) is 2.30. The molecule has 0 aromatic heterocycles. The molecular weight excluding hydrogens is 196 g/mol. The Morgan fingerprint density at radius 1 is 1.38 bits per heavy atom. The number of fused-ring (bicyclic) bond motifs is 1. The second-order valence-corrected chi connectivity index (χ2v) is 4.66. The van der Waals surface area contributed by atoms with Crippen molar-refractivity contribution in [2.24, 2.45) is 0 Å². The van der Waals surface area contributed by atoms with Gasteiger partial charge in [-0.15, -0.1) is 0 Å². The minimum Gasteiger partial charge on any atom is -0.374 e. The molecule has 1 aromatic rings. The van der Waals surface area contributed by atoms with Crippen LogP contribution < -0.4 is 10.2 Å². The molecule has 0 spiro atoms. The fourth-order valence-electron chi connectivity index (χ4n) is 2.36. The van der Waals surface area contributed by atoms with Gasteiger partial charge in [0.25, 0.3) is 0 Å². The Balaban J connectivity index is 2.06. The van der Waals surface area contributed by atoms with Crippen LogP contribution in [0.1, 0.15) is 30.9 Å². The molecule has 2 heteroatoms. The molecule has 0 atom stereocenters. The van der Waals surface area contributed by atoms with E-state index in [-0.39, 0.29) is 0 Å². The second-order valence-electron chi connectivity index (χ2n) is 4.66. The molecule has 1 heterocycles. The van der Waals surface area contributed by atoms with E-state index in [1.165, 1.54) is 42.6 Å². The molecule has 0 saturated carbocycles. The summed E-state index contributed by atoms with van der Waals surface area (Å²) in [6.07, 6.45) is 3.73. The van der Waals surface area contributed by atoms with Crippen molar-refractivity contribution in [3.05, 3.63) is 29.3 Å². The third kappa shape index (κ3) is 2.56. The van der Waals surface area contributed by atoms with E-state index in [1.807, 2.05) is 0 Å². The number of rotatable bonds is 4. The first-order valence-corrected chi connectivity index (χ1v) is 6.35. The van der Waals surface area contributed by atoms with Crippen LogP contribution in [0.4, 0.5) is 5.69 Å². The van der Waals surface area contributed by atoms with E-state index in [9.17, 15) is 0 Å². The van der Waals surface area contributed by atoms with E-state index >= 15 is 0 Å². The molecule has 1 aliphatic rings. The maximum atomic E-state index is 3.46. The number of anilines is 1. The molecule has 0 aliphatic carbocycles. The lowest BCUT2D eigenvalue weighted by atomic mass is 9.99. The smallest absolute Gasteiger partial charge is 0.0396 e. The number of hydrogen-bond acceptors (Lipinski definition) is 2. The summed E-state index contributed by atoms with van der Waals surface area (Å²) in [6, 6.07) is 6.90. The molecule has 2 nitrogen and oxygen atoms in total. The lowest BCUT2D eigenvalue weighted by Crippen LogP contribution is -2.25. The highest BCUT2D eigenvalue weighted by molar-refractivity contribution is 5.56. The molecule has 0 unspecified atom stereocenters. The van der Waals surface area contributed by atoms with Gasteiger partial charge in [-0.3, -0.25) is 0 Å². The molecule has 88 valence electrons. The zero-order valence-electron chi connectivity index (χ0n) is 10.4. The van der Waals surface area contributed by atoms with Gasteiger partial charge in [0.1, 0.15) is 0 Å². The molecule has 0 radical (unpaired) electrons. The molecule has 0 saturated heterocycles. The summed E-state index contributed by atoms with van der Waals surface area (Å²) < 4.78 is 0. The van der Waals surface area contributed by atoms with Crippen molar-refractivity contribution in [2.45, 2.75) is 32.7 Å². The Morgan fingerprint density at radius 3 is 3.06 bits per heavy atom. The standard InChI is InChI=1S/C14H22N2/c1-3-8-15-11-12-6-7-14-13(10-12)5-4-9-16(14)2/h6-7,10,15H,3-5,8-9,11H2,1-2H3. The van der Waals surface area contributed by atoms with Gasteiger partial charge in [0.05, 0.1) is 0 Å². The summed E-state index contributed by atoms with van der Waals surface area (Å²) in [6.45, 7) is 5.51. The van der Waals surface area contributed by atoms with Crippen molar-refractivity contribution in [1.29, 1.82) is 0 Å². The van der Waals surface area contributed by atoms with Gasteiger partial charge >= 0.3 is 0 Å². The third-order valence-electron chi connectivity index (χ3n) is 3.25. The normalized spacial score (nSPS) is 15.0. The van der Waals surface area contributed by atoms with Gasteiger partial charge in [0.2, 0.25) is 0 Å². The summed E-state index contributed by atoms with van der Waals surface area (Å²) in [7, 11) is 2.19. The van der Waals surface area contributed by atoms with Gasteiger partial charge in [-0.1, -0.05) is 19.1 Å². The molecule has 0 bridgehead atoms. The highest BCUT2D eigenvalue weighted by Gasteiger charge is 2.13. The summed E-state index contributed by atoms with van der Waals surface area (Å²) in [5.41, 5.74) is 4.36. The number of nitrogens with one attached hydrogen (secondary N) is 1. The third-order valence-corrected chi connectivity index (χ3v) is 3.25.